The van der Waals surface area contributed by atoms with Crippen LogP contribution < -0.4 is 10.5 Å². The molecule has 86 valence electrons. The van der Waals surface area contributed by atoms with Gasteiger partial charge in [0, 0.05) is 24.2 Å². The van der Waals surface area contributed by atoms with E-state index in [0.29, 0.717) is 0 Å². The zero-order valence-corrected chi connectivity index (χ0v) is 10.2. The normalized spacial score (nSPS) is 13.1. The average Bonchev–Trinajstić information content (AvgIpc) is 2.51. The van der Waals surface area contributed by atoms with Crippen molar-refractivity contribution in [2.75, 3.05) is 7.11 Å². The standard InChI is InChI=1S/C13H18N2O/c1-8-10-6-5-7-11(16-4)13(10)15(3)12(8)9(2)14/h5-7,9H,14H2,1-4H3. The number of ether oxygens (including phenoxy) is 1. The number of aromatic nitrogens is 1. The van der Waals surface area contributed by atoms with E-state index in [1.54, 1.807) is 7.11 Å². The number of nitrogens with two attached hydrogens (primary N) is 1. The molecule has 2 rings (SSSR count). The van der Waals surface area contributed by atoms with Crippen LogP contribution in [0.2, 0.25) is 0 Å². The van der Waals surface area contributed by atoms with Crippen LogP contribution in [0.5, 0.6) is 5.75 Å². The van der Waals surface area contributed by atoms with E-state index in [0.717, 1.165) is 11.3 Å². The third kappa shape index (κ3) is 1.39. The van der Waals surface area contributed by atoms with Crippen LogP contribution in [0.15, 0.2) is 18.2 Å². The minimum atomic E-state index is 0.0297. The van der Waals surface area contributed by atoms with Gasteiger partial charge in [-0.05, 0) is 25.5 Å². The monoisotopic (exact) mass is 218 g/mol. The van der Waals surface area contributed by atoms with E-state index in [1.807, 2.05) is 26.1 Å². The van der Waals surface area contributed by atoms with Crippen LogP contribution in [0.25, 0.3) is 10.9 Å². The van der Waals surface area contributed by atoms with Crippen LogP contribution in [-0.4, -0.2) is 11.7 Å². The largest absolute Gasteiger partial charge is 0.495 e. The summed E-state index contributed by atoms with van der Waals surface area (Å²) in [6.07, 6.45) is 0. The first-order valence-electron chi connectivity index (χ1n) is 5.45. The summed E-state index contributed by atoms with van der Waals surface area (Å²) in [7, 11) is 3.74. The lowest BCUT2D eigenvalue weighted by molar-refractivity contribution is 0.417. The fraction of sp³-hybridized carbons (Fsp3) is 0.385. The Labute approximate surface area is 95.8 Å². The number of aryl methyl sites for hydroxylation is 2. The van der Waals surface area contributed by atoms with Gasteiger partial charge in [0.05, 0.1) is 12.6 Å². The smallest absolute Gasteiger partial charge is 0.143 e. The van der Waals surface area contributed by atoms with E-state index in [1.165, 1.54) is 16.6 Å². The summed E-state index contributed by atoms with van der Waals surface area (Å²) < 4.78 is 7.53. The predicted molar refractivity (Wildman–Crippen MR) is 66.8 cm³/mol. The molecule has 1 unspecified atom stereocenters. The summed E-state index contributed by atoms with van der Waals surface area (Å²) in [5.41, 5.74) is 9.54. The minimum absolute atomic E-state index is 0.0297. The quantitative estimate of drug-likeness (QED) is 0.841. The molecule has 0 amide bonds. The van der Waals surface area contributed by atoms with Gasteiger partial charge in [-0.2, -0.15) is 0 Å². The molecule has 16 heavy (non-hydrogen) atoms. The van der Waals surface area contributed by atoms with Gasteiger partial charge in [0.25, 0.3) is 0 Å². The molecule has 1 atom stereocenters. The number of hydrogen-bond acceptors (Lipinski definition) is 2. The van der Waals surface area contributed by atoms with E-state index in [9.17, 15) is 0 Å². The Kier molecular flexibility index (Phi) is 2.64. The molecule has 3 nitrogen and oxygen atoms in total. The number of para-hydroxylation sites is 1. The van der Waals surface area contributed by atoms with E-state index >= 15 is 0 Å². The molecular formula is C13H18N2O. The Balaban J connectivity index is 2.88. The lowest BCUT2D eigenvalue weighted by Crippen LogP contribution is -2.11. The van der Waals surface area contributed by atoms with Crippen molar-refractivity contribution >= 4 is 10.9 Å². The Hall–Kier alpha value is -1.48. The van der Waals surface area contributed by atoms with Gasteiger partial charge in [-0.1, -0.05) is 12.1 Å². The van der Waals surface area contributed by atoms with Crippen LogP contribution in [0.1, 0.15) is 24.2 Å². The molecule has 1 heterocycles. The third-order valence-corrected chi connectivity index (χ3v) is 3.14. The first-order valence-corrected chi connectivity index (χ1v) is 5.45. The van der Waals surface area contributed by atoms with Crippen LogP contribution >= 0.6 is 0 Å². The molecule has 1 aromatic carbocycles. The lowest BCUT2D eigenvalue weighted by atomic mass is 10.1. The van der Waals surface area contributed by atoms with Gasteiger partial charge in [0.2, 0.25) is 0 Å². The maximum absolute atomic E-state index is 6.01. The van der Waals surface area contributed by atoms with Gasteiger partial charge < -0.3 is 15.0 Å². The summed E-state index contributed by atoms with van der Waals surface area (Å²) in [6, 6.07) is 6.13. The Morgan fingerprint density at radius 2 is 2.06 bits per heavy atom. The molecule has 0 aliphatic carbocycles. The number of fused-ring (bicyclic) bond motifs is 1. The molecule has 0 saturated carbocycles. The maximum Gasteiger partial charge on any atom is 0.143 e. The molecule has 2 N–H and O–H groups in total. The first kappa shape index (κ1) is 11.0. The summed E-state index contributed by atoms with van der Waals surface area (Å²) in [5.74, 6) is 0.898. The van der Waals surface area contributed by atoms with Crippen molar-refractivity contribution in [3.8, 4) is 5.75 Å². The molecule has 0 bridgehead atoms. The van der Waals surface area contributed by atoms with E-state index < -0.39 is 0 Å². The van der Waals surface area contributed by atoms with Crippen molar-refractivity contribution < 1.29 is 4.74 Å². The Morgan fingerprint density at radius 3 is 2.62 bits per heavy atom. The van der Waals surface area contributed by atoms with E-state index in [2.05, 4.69) is 17.6 Å². The van der Waals surface area contributed by atoms with Crippen molar-refractivity contribution in [1.29, 1.82) is 0 Å². The highest BCUT2D eigenvalue weighted by atomic mass is 16.5. The Morgan fingerprint density at radius 1 is 1.38 bits per heavy atom. The molecule has 0 spiro atoms. The van der Waals surface area contributed by atoms with Gasteiger partial charge in [-0.25, -0.2) is 0 Å². The van der Waals surface area contributed by atoms with Crippen LogP contribution in [0.3, 0.4) is 0 Å². The molecule has 0 fully saturated rings. The fourth-order valence-electron chi connectivity index (χ4n) is 2.49. The van der Waals surface area contributed by atoms with Crippen molar-refractivity contribution in [1.82, 2.24) is 4.57 Å². The van der Waals surface area contributed by atoms with E-state index in [-0.39, 0.29) is 6.04 Å². The van der Waals surface area contributed by atoms with Crippen LogP contribution in [0.4, 0.5) is 0 Å². The second-order valence-electron chi connectivity index (χ2n) is 4.21. The SMILES string of the molecule is COc1cccc2c(C)c(C(C)N)n(C)c12. The molecule has 0 aliphatic rings. The maximum atomic E-state index is 6.01. The number of methoxy groups -OCH3 is 1. The van der Waals surface area contributed by atoms with E-state index in [4.69, 9.17) is 10.5 Å². The van der Waals surface area contributed by atoms with Gasteiger partial charge in [-0.15, -0.1) is 0 Å². The minimum Gasteiger partial charge on any atom is -0.495 e. The summed E-state index contributed by atoms with van der Waals surface area (Å²) in [4.78, 5) is 0. The van der Waals surface area contributed by atoms with Crippen molar-refractivity contribution in [2.45, 2.75) is 19.9 Å². The zero-order chi connectivity index (χ0) is 11.9. The lowest BCUT2D eigenvalue weighted by Gasteiger charge is -2.10. The third-order valence-electron chi connectivity index (χ3n) is 3.14. The van der Waals surface area contributed by atoms with Gasteiger partial charge in [0.1, 0.15) is 5.75 Å². The molecular weight excluding hydrogens is 200 g/mol. The summed E-state index contributed by atoms with van der Waals surface area (Å²) >= 11 is 0. The second kappa shape index (κ2) is 3.83. The van der Waals surface area contributed by atoms with Crippen molar-refractivity contribution in [3.05, 3.63) is 29.5 Å². The second-order valence-corrected chi connectivity index (χ2v) is 4.21. The first-order chi connectivity index (χ1) is 7.57. The highest BCUT2D eigenvalue weighted by Crippen LogP contribution is 2.33. The molecule has 0 radical (unpaired) electrons. The van der Waals surface area contributed by atoms with Crippen molar-refractivity contribution in [3.63, 3.8) is 0 Å². The Bertz CT molecular complexity index is 526. The molecule has 0 saturated heterocycles. The molecule has 3 heteroatoms. The molecule has 2 aromatic rings. The highest BCUT2D eigenvalue weighted by Gasteiger charge is 2.16. The molecule has 0 aliphatic heterocycles. The van der Waals surface area contributed by atoms with Gasteiger partial charge >= 0.3 is 0 Å². The summed E-state index contributed by atoms with van der Waals surface area (Å²) in [5, 5.41) is 1.22. The predicted octanol–water partition coefficient (Wildman–Crippen LogP) is 2.52. The van der Waals surface area contributed by atoms with Gasteiger partial charge in [-0.3, -0.25) is 0 Å². The number of benzene rings is 1. The number of hydrogen-bond donors (Lipinski definition) is 1. The number of rotatable bonds is 2. The van der Waals surface area contributed by atoms with Crippen LogP contribution in [0, 0.1) is 6.92 Å². The average molecular weight is 218 g/mol. The summed E-state index contributed by atoms with van der Waals surface area (Å²) in [6.45, 7) is 4.12. The highest BCUT2D eigenvalue weighted by molar-refractivity contribution is 5.90. The number of nitrogens with zero attached hydrogens (tertiary/aromatic N) is 1. The molecule has 1 aromatic heterocycles. The topological polar surface area (TPSA) is 40.2 Å². The van der Waals surface area contributed by atoms with Crippen molar-refractivity contribution in [2.24, 2.45) is 12.8 Å². The fourth-order valence-corrected chi connectivity index (χ4v) is 2.49. The van der Waals surface area contributed by atoms with Gasteiger partial charge in [0.15, 0.2) is 0 Å². The zero-order valence-electron chi connectivity index (χ0n) is 10.2. The van der Waals surface area contributed by atoms with Crippen LogP contribution in [-0.2, 0) is 7.05 Å².